The number of hydrogen-bond acceptors (Lipinski definition) is 3. The van der Waals surface area contributed by atoms with E-state index in [1.54, 1.807) is 31.2 Å². The lowest BCUT2D eigenvalue weighted by atomic mass is 10.2. The average Bonchev–Trinajstić information content (AvgIpc) is 2.42. The first kappa shape index (κ1) is 15.6. The molecular formula is C15H19N3O2. The molecule has 0 fully saturated rings. The molecule has 0 aliphatic rings. The molecule has 0 spiro atoms. The minimum atomic E-state index is -0.365. The maximum absolute atomic E-state index is 11.7. The molecule has 0 saturated heterocycles. The second-order valence-electron chi connectivity index (χ2n) is 4.56. The number of carbonyl (C=O) groups excluding carboxylic acids is 2. The summed E-state index contributed by atoms with van der Waals surface area (Å²) in [4.78, 5) is 23.2. The SMILES string of the molecule is CC(C)=C/C(C)=N/NC(=O)CNC(=O)c1ccccc1. The maximum Gasteiger partial charge on any atom is 0.259 e. The molecule has 5 nitrogen and oxygen atoms in total. The minimum Gasteiger partial charge on any atom is -0.343 e. The molecule has 5 heteroatoms. The standard InChI is InChI=1S/C15H19N3O2/c1-11(2)9-12(3)17-18-14(19)10-16-15(20)13-7-5-4-6-8-13/h4-9H,10H2,1-3H3,(H,16,20)(H,18,19)/b17-12+. The van der Waals surface area contributed by atoms with Crippen molar-refractivity contribution in [2.45, 2.75) is 20.8 Å². The molecule has 1 rings (SSSR count). The first-order chi connectivity index (χ1) is 9.49. The van der Waals surface area contributed by atoms with Gasteiger partial charge in [-0.2, -0.15) is 5.10 Å². The van der Waals surface area contributed by atoms with E-state index >= 15 is 0 Å². The average molecular weight is 273 g/mol. The smallest absolute Gasteiger partial charge is 0.259 e. The van der Waals surface area contributed by atoms with Crippen LogP contribution in [0.2, 0.25) is 0 Å². The number of carbonyl (C=O) groups is 2. The lowest BCUT2D eigenvalue weighted by Gasteiger charge is -2.04. The van der Waals surface area contributed by atoms with E-state index in [9.17, 15) is 9.59 Å². The maximum atomic E-state index is 11.7. The van der Waals surface area contributed by atoms with E-state index in [0.29, 0.717) is 11.3 Å². The van der Waals surface area contributed by atoms with Gasteiger partial charge in [-0.15, -0.1) is 0 Å². The van der Waals surface area contributed by atoms with Crippen LogP contribution in [0.5, 0.6) is 0 Å². The van der Waals surface area contributed by atoms with Crippen molar-refractivity contribution in [2.75, 3.05) is 6.54 Å². The molecule has 0 aromatic heterocycles. The van der Waals surface area contributed by atoms with Crippen molar-refractivity contribution in [2.24, 2.45) is 5.10 Å². The number of benzene rings is 1. The van der Waals surface area contributed by atoms with E-state index in [2.05, 4.69) is 15.8 Å². The van der Waals surface area contributed by atoms with Crippen LogP contribution in [0.4, 0.5) is 0 Å². The highest BCUT2D eigenvalue weighted by Gasteiger charge is 2.06. The lowest BCUT2D eigenvalue weighted by Crippen LogP contribution is -2.35. The van der Waals surface area contributed by atoms with Crippen molar-refractivity contribution in [3.05, 3.63) is 47.5 Å². The molecule has 106 valence electrons. The molecule has 2 amide bonds. The summed E-state index contributed by atoms with van der Waals surface area (Å²) in [6.45, 7) is 5.57. The van der Waals surface area contributed by atoms with Gasteiger partial charge in [-0.25, -0.2) is 5.43 Å². The Morgan fingerprint density at radius 2 is 1.80 bits per heavy atom. The van der Waals surface area contributed by atoms with Crippen molar-refractivity contribution >= 4 is 17.5 Å². The molecule has 1 aromatic carbocycles. The van der Waals surface area contributed by atoms with E-state index in [4.69, 9.17) is 0 Å². The van der Waals surface area contributed by atoms with Crippen LogP contribution >= 0.6 is 0 Å². The Labute approximate surface area is 118 Å². The van der Waals surface area contributed by atoms with Gasteiger partial charge in [0.25, 0.3) is 11.8 Å². The zero-order valence-electron chi connectivity index (χ0n) is 11.9. The predicted molar refractivity (Wildman–Crippen MR) is 79.5 cm³/mol. The van der Waals surface area contributed by atoms with Crippen LogP contribution in [0.1, 0.15) is 31.1 Å². The Bertz CT molecular complexity index is 529. The highest BCUT2D eigenvalue weighted by Crippen LogP contribution is 1.97. The Kier molecular flexibility index (Phi) is 6.16. The van der Waals surface area contributed by atoms with Gasteiger partial charge in [-0.3, -0.25) is 9.59 Å². The fraction of sp³-hybridized carbons (Fsp3) is 0.267. The molecule has 0 aliphatic heterocycles. The third-order valence-corrected chi connectivity index (χ3v) is 2.30. The van der Waals surface area contributed by atoms with Crippen molar-refractivity contribution in [1.82, 2.24) is 10.7 Å². The van der Waals surface area contributed by atoms with Gasteiger partial charge in [0.1, 0.15) is 0 Å². The molecule has 1 aromatic rings. The fourth-order valence-corrected chi connectivity index (χ4v) is 1.49. The number of rotatable bonds is 5. The van der Waals surface area contributed by atoms with E-state index in [0.717, 1.165) is 5.57 Å². The molecule has 20 heavy (non-hydrogen) atoms. The van der Waals surface area contributed by atoms with Crippen molar-refractivity contribution in [3.8, 4) is 0 Å². The summed E-state index contributed by atoms with van der Waals surface area (Å²) in [5, 5.41) is 6.43. The van der Waals surface area contributed by atoms with Gasteiger partial charge in [0, 0.05) is 5.56 Å². The molecule has 0 unspecified atom stereocenters. The van der Waals surface area contributed by atoms with Crippen LogP contribution in [0, 0.1) is 0 Å². The van der Waals surface area contributed by atoms with Gasteiger partial charge in [-0.05, 0) is 39.0 Å². The predicted octanol–water partition coefficient (Wildman–Crippen LogP) is 1.87. The Balaban J connectivity index is 2.41. The lowest BCUT2D eigenvalue weighted by molar-refractivity contribution is -0.120. The monoisotopic (exact) mass is 273 g/mol. The van der Waals surface area contributed by atoms with E-state index in [-0.39, 0.29) is 18.4 Å². The fourth-order valence-electron chi connectivity index (χ4n) is 1.49. The molecule has 0 saturated carbocycles. The van der Waals surface area contributed by atoms with Gasteiger partial charge in [0.15, 0.2) is 0 Å². The van der Waals surface area contributed by atoms with Gasteiger partial charge in [-0.1, -0.05) is 23.8 Å². The van der Waals surface area contributed by atoms with Gasteiger partial charge in [0.05, 0.1) is 12.3 Å². The summed E-state index contributed by atoms with van der Waals surface area (Å²) >= 11 is 0. The molecule has 2 N–H and O–H groups in total. The highest BCUT2D eigenvalue weighted by atomic mass is 16.2. The van der Waals surface area contributed by atoms with Crippen molar-refractivity contribution < 1.29 is 9.59 Å². The topological polar surface area (TPSA) is 70.6 Å². The quantitative estimate of drug-likeness (QED) is 0.635. The molecule has 0 aliphatic carbocycles. The van der Waals surface area contributed by atoms with Crippen LogP contribution in [-0.2, 0) is 4.79 Å². The summed E-state index contributed by atoms with van der Waals surface area (Å²) in [7, 11) is 0. The first-order valence-electron chi connectivity index (χ1n) is 6.30. The van der Waals surface area contributed by atoms with Crippen LogP contribution in [-0.4, -0.2) is 24.1 Å². The number of allylic oxidation sites excluding steroid dienone is 2. The Morgan fingerprint density at radius 3 is 2.40 bits per heavy atom. The summed E-state index contributed by atoms with van der Waals surface area (Å²) in [6.07, 6.45) is 1.85. The summed E-state index contributed by atoms with van der Waals surface area (Å²) in [5.74, 6) is -0.651. The number of hydrogen-bond donors (Lipinski definition) is 2. The van der Waals surface area contributed by atoms with E-state index in [1.807, 2.05) is 26.0 Å². The van der Waals surface area contributed by atoms with Gasteiger partial charge < -0.3 is 5.32 Å². The molecule has 0 bridgehead atoms. The van der Waals surface area contributed by atoms with Crippen LogP contribution < -0.4 is 10.7 Å². The van der Waals surface area contributed by atoms with E-state index < -0.39 is 0 Å². The third kappa shape index (κ3) is 5.95. The number of hydrazone groups is 1. The second kappa shape index (κ2) is 7.89. The second-order valence-corrected chi connectivity index (χ2v) is 4.56. The first-order valence-corrected chi connectivity index (χ1v) is 6.30. The molecular weight excluding hydrogens is 254 g/mol. The third-order valence-electron chi connectivity index (χ3n) is 2.30. The van der Waals surface area contributed by atoms with Crippen LogP contribution in [0.15, 0.2) is 47.1 Å². The number of nitrogens with zero attached hydrogens (tertiary/aromatic N) is 1. The largest absolute Gasteiger partial charge is 0.343 e. The summed E-state index contributed by atoms with van der Waals surface area (Å²) < 4.78 is 0. The zero-order valence-corrected chi connectivity index (χ0v) is 11.9. The zero-order chi connectivity index (χ0) is 15.0. The highest BCUT2D eigenvalue weighted by molar-refractivity contribution is 5.97. The molecule has 0 heterocycles. The van der Waals surface area contributed by atoms with Gasteiger partial charge >= 0.3 is 0 Å². The summed E-state index contributed by atoms with van der Waals surface area (Å²) in [5.41, 5.74) is 4.70. The number of amides is 2. The van der Waals surface area contributed by atoms with Crippen molar-refractivity contribution in [3.63, 3.8) is 0 Å². The van der Waals surface area contributed by atoms with Crippen LogP contribution in [0.3, 0.4) is 0 Å². The van der Waals surface area contributed by atoms with E-state index in [1.165, 1.54) is 0 Å². The molecule has 0 atom stereocenters. The number of nitrogens with one attached hydrogen (secondary N) is 2. The summed E-state index contributed by atoms with van der Waals surface area (Å²) in [6, 6.07) is 8.73. The van der Waals surface area contributed by atoms with Crippen molar-refractivity contribution in [1.29, 1.82) is 0 Å². The van der Waals surface area contributed by atoms with Crippen LogP contribution in [0.25, 0.3) is 0 Å². The minimum absolute atomic E-state index is 0.112. The Hall–Kier alpha value is -2.43. The molecule has 0 radical (unpaired) electrons. The van der Waals surface area contributed by atoms with Gasteiger partial charge in [0.2, 0.25) is 0 Å². The Morgan fingerprint density at radius 1 is 1.15 bits per heavy atom. The normalized spacial score (nSPS) is 10.7.